The van der Waals surface area contributed by atoms with Crippen molar-refractivity contribution >= 4 is 71.4 Å². The second-order valence-corrected chi connectivity index (χ2v) is 15.8. The molecule has 2 heterocycles. The summed E-state index contributed by atoms with van der Waals surface area (Å²) in [5.74, 6) is 0. The van der Waals surface area contributed by atoms with Crippen molar-refractivity contribution in [2.45, 2.75) is 0 Å². The molecule has 0 bridgehead atoms. The molecule has 0 radical (unpaired) electrons. The SMILES string of the molecule is c1ccc(-c2cccc(N(c3ccc(-c4ccc(-n5c6ccccc6c6ccc7ccccc7c65)cc4)cc3)c3ccc4c5ccccc5n(-c5ccccc5)c4c3)c2)cc1. The highest BCUT2D eigenvalue weighted by molar-refractivity contribution is 6.18. The van der Waals surface area contributed by atoms with E-state index in [1.165, 1.54) is 76.6 Å². The van der Waals surface area contributed by atoms with Crippen LogP contribution < -0.4 is 4.90 Å². The van der Waals surface area contributed by atoms with Gasteiger partial charge < -0.3 is 14.0 Å². The Morgan fingerprint density at radius 2 is 0.770 bits per heavy atom. The van der Waals surface area contributed by atoms with Gasteiger partial charge in [0.15, 0.2) is 0 Å². The zero-order valence-electron chi connectivity index (χ0n) is 33.4. The van der Waals surface area contributed by atoms with Gasteiger partial charge >= 0.3 is 0 Å². The van der Waals surface area contributed by atoms with Crippen molar-refractivity contribution in [3.8, 4) is 33.6 Å². The average molecular weight is 778 g/mol. The lowest BCUT2D eigenvalue weighted by Gasteiger charge is -2.26. The first-order valence-corrected chi connectivity index (χ1v) is 20.9. The Morgan fingerprint density at radius 1 is 0.262 bits per heavy atom. The standard InChI is InChI=1S/C58H39N3/c1-3-14-40(15-4-1)44-17-13-20-48(38-44)59(49-35-37-53-51-22-9-11-24-55(51)60(57(53)39-49)45-18-5-2-6-19-45)46-31-26-41(27-32-46)42-28-33-47(34-29-42)61-56-25-12-10-23-52(56)54-36-30-43-16-7-8-21-50(43)58(54)61/h1-39H. The van der Waals surface area contributed by atoms with Gasteiger partial charge in [0.2, 0.25) is 0 Å². The van der Waals surface area contributed by atoms with E-state index in [0.29, 0.717) is 0 Å². The molecule has 2 aromatic heterocycles. The maximum atomic E-state index is 2.43. The van der Waals surface area contributed by atoms with Gasteiger partial charge in [-0.15, -0.1) is 0 Å². The fourth-order valence-electron chi connectivity index (χ4n) is 9.46. The van der Waals surface area contributed by atoms with Gasteiger partial charge in [-0.05, 0) is 100 Å². The van der Waals surface area contributed by atoms with Crippen molar-refractivity contribution in [3.05, 3.63) is 237 Å². The molecule has 0 unspecified atom stereocenters. The minimum absolute atomic E-state index is 1.09. The number of hydrogen-bond acceptors (Lipinski definition) is 1. The monoisotopic (exact) mass is 777 g/mol. The zero-order valence-corrected chi connectivity index (χ0v) is 33.4. The first kappa shape index (κ1) is 34.9. The van der Waals surface area contributed by atoms with E-state index in [1.807, 2.05) is 0 Å². The molecule has 0 aliphatic rings. The van der Waals surface area contributed by atoms with Gasteiger partial charge in [-0.2, -0.15) is 0 Å². The highest BCUT2D eigenvalue weighted by Crippen LogP contribution is 2.42. The molecule has 0 spiro atoms. The number of fused-ring (bicyclic) bond motifs is 8. The van der Waals surface area contributed by atoms with E-state index in [1.54, 1.807) is 0 Å². The molecular formula is C58H39N3. The van der Waals surface area contributed by atoms with Crippen LogP contribution in [0.25, 0.3) is 88.0 Å². The van der Waals surface area contributed by atoms with E-state index in [-0.39, 0.29) is 0 Å². The lowest BCUT2D eigenvalue weighted by atomic mass is 10.0. The summed E-state index contributed by atoms with van der Waals surface area (Å²) >= 11 is 0. The van der Waals surface area contributed by atoms with Crippen molar-refractivity contribution in [1.82, 2.24) is 9.13 Å². The Hall–Kier alpha value is -8.14. The summed E-state index contributed by atoms with van der Waals surface area (Å²) in [5.41, 5.74) is 15.1. The fraction of sp³-hybridized carbons (Fsp3) is 0. The summed E-state index contributed by atoms with van der Waals surface area (Å²) in [6.07, 6.45) is 0. The van der Waals surface area contributed by atoms with Crippen LogP contribution >= 0.6 is 0 Å². The molecule has 61 heavy (non-hydrogen) atoms. The van der Waals surface area contributed by atoms with Gasteiger partial charge in [0.25, 0.3) is 0 Å². The fourth-order valence-corrected chi connectivity index (χ4v) is 9.46. The average Bonchev–Trinajstić information content (AvgIpc) is 3.86. The lowest BCUT2D eigenvalue weighted by Crippen LogP contribution is -2.10. The lowest BCUT2D eigenvalue weighted by molar-refractivity contribution is 1.18. The van der Waals surface area contributed by atoms with Crippen LogP contribution in [0, 0.1) is 0 Å². The van der Waals surface area contributed by atoms with Crippen LogP contribution in [0.4, 0.5) is 17.1 Å². The topological polar surface area (TPSA) is 13.1 Å². The highest BCUT2D eigenvalue weighted by atomic mass is 15.1. The molecule has 0 aliphatic heterocycles. The van der Waals surface area contributed by atoms with Crippen LogP contribution in [0.1, 0.15) is 0 Å². The number of hydrogen-bond donors (Lipinski definition) is 0. The third-order valence-corrected chi connectivity index (χ3v) is 12.3. The first-order chi connectivity index (χ1) is 30.3. The van der Waals surface area contributed by atoms with Gasteiger partial charge in [-0.1, -0.05) is 164 Å². The normalized spacial score (nSPS) is 11.6. The summed E-state index contributed by atoms with van der Waals surface area (Å²) in [5, 5.41) is 7.52. The van der Waals surface area contributed by atoms with E-state index in [2.05, 4.69) is 251 Å². The maximum absolute atomic E-state index is 2.43. The summed E-state index contributed by atoms with van der Waals surface area (Å²) < 4.78 is 4.82. The largest absolute Gasteiger partial charge is 0.310 e. The molecular weight excluding hydrogens is 739 g/mol. The van der Waals surface area contributed by atoms with Gasteiger partial charge in [-0.25, -0.2) is 0 Å². The first-order valence-electron chi connectivity index (χ1n) is 20.9. The van der Waals surface area contributed by atoms with Gasteiger partial charge in [0.1, 0.15) is 0 Å². The van der Waals surface area contributed by atoms with Gasteiger partial charge in [-0.3, -0.25) is 0 Å². The van der Waals surface area contributed by atoms with Crippen LogP contribution in [0.15, 0.2) is 237 Å². The third-order valence-electron chi connectivity index (χ3n) is 12.3. The molecule has 0 saturated heterocycles. The molecule has 0 N–H and O–H groups in total. The molecule has 0 fully saturated rings. The van der Waals surface area contributed by atoms with E-state index in [0.717, 1.165) is 28.4 Å². The molecule has 0 aliphatic carbocycles. The van der Waals surface area contributed by atoms with E-state index in [4.69, 9.17) is 0 Å². The smallest absolute Gasteiger partial charge is 0.0619 e. The van der Waals surface area contributed by atoms with E-state index >= 15 is 0 Å². The zero-order chi connectivity index (χ0) is 40.3. The van der Waals surface area contributed by atoms with Crippen molar-refractivity contribution in [2.75, 3.05) is 4.90 Å². The molecule has 12 aromatic rings. The van der Waals surface area contributed by atoms with Crippen LogP contribution in [0.2, 0.25) is 0 Å². The number of benzene rings is 10. The Bertz CT molecular complexity index is 3560. The maximum Gasteiger partial charge on any atom is 0.0619 e. The van der Waals surface area contributed by atoms with E-state index in [9.17, 15) is 0 Å². The van der Waals surface area contributed by atoms with Crippen molar-refractivity contribution in [3.63, 3.8) is 0 Å². The quantitative estimate of drug-likeness (QED) is 0.157. The van der Waals surface area contributed by atoms with Crippen molar-refractivity contribution in [2.24, 2.45) is 0 Å². The number of rotatable bonds is 7. The van der Waals surface area contributed by atoms with Crippen LogP contribution in [-0.4, -0.2) is 9.13 Å². The number of nitrogens with zero attached hydrogens (tertiary/aromatic N) is 3. The molecule has 10 aromatic carbocycles. The third kappa shape index (κ3) is 5.82. The highest BCUT2D eigenvalue weighted by Gasteiger charge is 2.19. The Balaban J connectivity index is 0.970. The van der Waals surface area contributed by atoms with Crippen molar-refractivity contribution in [1.29, 1.82) is 0 Å². The second kappa shape index (κ2) is 14.3. The Kier molecular flexibility index (Phi) is 8.17. The summed E-state index contributed by atoms with van der Waals surface area (Å²) in [6, 6.07) is 85.8. The predicted molar refractivity (Wildman–Crippen MR) is 258 cm³/mol. The number of aromatic nitrogens is 2. The molecule has 0 atom stereocenters. The Labute approximate surface area is 354 Å². The summed E-state index contributed by atoms with van der Waals surface area (Å²) in [7, 11) is 0. The second-order valence-electron chi connectivity index (χ2n) is 15.8. The van der Waals surface area contributed by atoms with Crippen LogP contribution in [0.3, 0.4) is 0 Å². The molecule has 0 saturated carbocycles. The summed E-state index contributed by atoms with van der Waals surface area (Å²) in [4.78, 5) is 2.39. The van der Waals surface area contributed by atoms with E-state index < -0.39 is 0 Å². The number of anilines is 3. The van der Waals surface area contributed by atoms with Gasteiger partial charge in [0, 0.05) is 55.4 Å². The van der Waals surface area contributed by atoms with Gasteiger partial charge in [0.05, 0.1) is 22.1 Å². The minimum Gasteiger partial charge on any atom is -0.310 e. The molecule has 3 nitrogen and oxygen atoms in total. The van der Waals surface area contributed by atoms with Crippen LogP contribution in [0.5, 0.6) is 0 Å². The molecule has 286 valence electrons. The molecule has 0 amide bonds. The minimum atomic E-state index is 1.09. The molecule has 3 heteroatoms. The number of para-hydroxylation sites is 3. The summed E-state index contributed by atoms with van der Waals surface area (Å²) in [6.45, 7) is 0. The van der Waals surface area contributed by atoms with Crippen LogP contribution in [-0.2, 0) is 0 Å². The Morgan fingerprint density at radius 3 is 1.52 bits per heavy atom. The predicted octanol–water partition coefficient (Wildman–Crippen LogP) is 15.8. The van der Waals surface area contributed by atoms with Crippen molar-refractivity contribution < 1.29 is 0 Å². The molecule has 12 rings (SSSR count).